The summed E-state index contributed by atoms with van der Waals surface area (Å²) in [5, 5.41) is 5.76. The molecule has 2 aromatic carbocycles. The second kappa shape index (κ2) is 8.02. The van der Waals surface area contributed by atoms with Gasteiger partial charge in [0.05, 0.1) is 0 Å². The third-order valence-electron chi connectivity index (χ3n) is 4.23. The van der Waals surface area contributed by atoms with E-state index in [-0.39, 0.29) is 11.4 Å². The number of urea groups is 1. The molecule has 3 aromatic rings. The molecular formula is C22H28N4O2. The van der Waals surface area contributed by atoms with Crippen LogP contribution >= 0.6 is 0 Å². The first kappa shape index (κ1) is 19.9. The highest BCUT2D eigenvalue weighted by Crippen LogP contribution is 2.27. The van der Waals surface area contributed by atoms with Gasteiger partial charge in [-0.15, -0.1) is 0 Å². The van der Waals surface area contributed by atoms with E-state index in [9.17, 15) is 4.79 Å². The zero-order valence-electron chi connectivity index (χ0n) is 17.2. The highest BCUT2D eigenvalue weighted by atomic mass is 16.3. The highest BCUT2D eigenvalue weighted by Gasteiger charge is 2.21. The number of fused-ring (bicyclic) bond motifs is 1. The summed E-state index contributed by atoms with van der Waals surface area (Å²) < 4.78 is 5.79. The number of nitrogens with zero attached hydrogens (tertiary/aromatic N) is 2. The van der Waals surface area contributed by atoms with Crippen LogP contribution in [0, 0.1) is 0 Å². The second-order valence-electron chi connectivity index (χ2n) is 8.32. The molecule has 2 N–H and O–H groups in total. The molecule has 1 aromatic heterocycles. The van der Waals surface area contributed by atoms with E-state index in [4.69, 9.17) is 4.42 Å². The molecule has 28 heavy (non-hydrogen) atoms. The van der Waals surface area contributed by atoms with E-state index in [1.807, 2.05) is 44.4 Å². The van der Waals surface area contributed by atoms with Crippen molar-refractivity contribution in [2.75, 3.05) is 19.4 Å². The van der Waals surface area contributed by atoms with Gasteiger partial charge >= 0.3 is 6.03 Å². The summed E-state index contributed by atoms with van der Waals surface area (Å²) in [4.78, 5) is 18.9. The van der Waals surface area contributed by atoms with Gasteiger partial charge in [-0.2, -0.15) is 0 Å². The van der Waals surface area contributed by atoms with Gasteiger partial charge in [0, 0.05) is 24.2 Å². The summed E-state index contributed by atoms with van der Waals surface area (Å²) in [5.41, 5.74) is 4.26. The number of rotatable bonds is 5. The van der Waals surface area contributed by atoms with E-state index >= 15 is 0 Å². The molecule has 3 rings (SSSR count). The van der Waals surface area contributed by atoms with Gasteiger partial charge in [0.2, 0.25) is 5.89 Å². The maximum atomic E-state index is 12.3. The molecule has 6 heteroatoms. The maximum Gasteiger partial charge on any atom is 0.319 e. The van der Waals surface area contributed by atoms with Crippen LogP contribution in [-0.2, 0) is 18.5 Å². The Morgan fingerprint density at radius 3 is 2.57 bits per heavy atom. The van der Waals surface area contributed by atoms with Crippen LogP contribution in [0.15, 0.2) is 46.9 Å². The number of nitrogens with one attached hydrogen (secondary N) is 2. The summed E-state index contributed by atoms with van der Waals surface area (Å²) in [6, 6.07) is 13.4. The Balaban J connectivity index is 1.62. The van der Waals surface area contributed by atoms with Gasteiger partial charge in [0.25, 0.3) is 0 Å². The van der Waals surface area contributed by atoms with Crippen molar-refractivity contribution < 1.29 is 9.21 Å². The number of carbonyl (C=O) groups excluding carboxylic acids is 1. The van der Waals surface area contributed by atoms with Crippen molar-refractivity contribution in [2.24, 2.45) is 0 Å². The molecule has 0 aliphatic rings. The third-order valence-corrected chi connectivity index (χ3v) is 4.23. The fourth-order valence-corrected chi connectivity index (χ4v) is 2.89. The Morgan fingerprint density at radius 2 is 1.86 bits per heavy atom. The lowest BCUT2D eigenvalue weighted by molar-refractivity contribution is 0.251. The van der Waals surface area contributed by atoms with Gasteiger partial charge in [-0.25, -0.2) is 9.78 Å². The van der Waals surface area contributed by atoms with Crippen molar-refractivity contribution in [1.82, 2.24) is 15.2 Å². The Kier molecular flexibility index (Phi) is 5.70. The monoisotopic (exact) mass is 380 g/mol. The fourth-order valence-electron chi connectivity index (χ4n) is 2.89. The number of benzene rings is 2. The number of anilines is 1. The molecule has 0 aliphatic heterocycles. The molecular weight excluding hydrogens is 352 g/mol. The van der Waals surface area contributed by atoms with E-state index in [1.54, 1.807) is 0 Å². The number of oxazole rings is 1. The quantitative estimate of drug-likeness (QED) is 0.683. The average molecular weight is 380 g/mol. The van der Waals surface area contributed by atoms with Gasteiger partial charge in [0.15, 0.2) is 5.58 Å². The summed E-state index contributed by atoms with van der Waals surface area (Å²) >= 11 is 0. The normalized spacial score (nSPS) is 11.8. The Bertz CT molecular complexity index is 970. The van der Waals surface area contributed by atoms with Crippen molar-refractivity contribution in [2.45, 2.75) is 39.3 Å². The molecule has 148 valence electrons. The lowest BCUT2D eigenvalue weighted by atomic mass is 9.97. The Labute approximate surface area is 165 Å². The number of amides is 2. The molecule has 6 nitrogen and oxygen atoms in total. The molecule has 0 atom stereocenters. The van der Waals surface area contributed by atoms with E-state index in [0.717, 1.165) is 17.6 Å². The van der Waals surface area contributed by atoms with Gasteiger partial charge in [-0.1, -0.05) is 45.0 Å². The molecule has 0 spiro atoms. The summed E-state index contributed by atoms with van der Waals surface area (Å²) in [7, 11) is 4.07. The van der Waals surface area contributed by atoms with Crippen molar-refractivity contribution in [1.29, 1.82) is 0 Å². The first-order valence-electron chi connectivity index (χ1n) is 9.39. The smallest absolute Gasteiger partial charge is 0.319 e. The van der Waals surface area contributed by atoms with Crippen LogP contribution in [0.2, 0.25) is 0 Å². The summed E-state index contributed by atoms with van der Waals surface area (Å²) in [6.45, 7) is 7.50. The summed E-state index contributed by atoms with van der Waals surface area (Å²) in [6.07, 6.45) is 0. The van der Waals surface area contributed by atoms with Gasteiger partial charge in [0.1, 0.15) is 5.52 Å². The van der Waals surface area contributed by atoms with E-state index in [1.165, 1.54) is 5.56 Å². The van der Waals surface area contributed by atoms with Crippen LogP contribution in [0.4, 0.5) is 10.5 Å². The van der Waals surface area contributed by atoms with Gasteiger partial charge in [-0.05, 0) is 43.4 Å². The van der Waals surface area contributed by atoms with Crippen LogP contribution in [0.5, 0.6) is 0 Å². The minimum Gasteiger partial charge on any atom is -0.440 e. The van der Waals surface area contributed by atoms with E-state index in [0.29, 0.717) is 23.7 Å². The third kappa shape index (κ3) is 5.10. The molecule has 2 amide bonds. The Hall–Kier alpha value is -2.86. The first-order valence-corrected chi connectivity index (χ1v) is 9.39. The zero-order chi connectivity index (χ0) is 20.3. The van der Waals surface area contributed by atoms with Gasteiger partial charge in [-0.3, -0.25) is 0 Å². The standard InChI is InChI=1S/C22H28N4O2/c1-22(2,3)20-25-18-12-17(9-10-19(18)28-20)24-21(27)23-13-15-7-6-8-16(11-15)14-26(4)5/h6-12H,13-14H2,1-5H3,(H2,23,24,27). The largest absolute Gasteiger partial charge is 0.440 e. The van der Waals surface area contributed by atoms with Crippen molar-refractivity contribution in [3.05, 3.63) is 59.5 Å². The molecule has 0 aliphatic carbocycles. The average Bonchev–Trinajstić information content (AvgIpc) is 3.03. The van der Waals surface area contributed by atoms with Crippen LogP contribution in [0.25, 0.3) is 11.1 Å². The highest BCUT2D eigenvalue weighted by molar-refractivity contribution is 5.91. The lowest BCUT2D eigenvalue weighted by Crippen LogP contribution is -2.28. The molecule has 0 fully saturated rings. The number of hydrogen-bond acceptors (Lipinski definition) is 4. The number of aromatic nitrogens is 1. The van der Waals surface area contributed by atoms with Crippen LogP contribution in [0.3, 0.4) is 0 Å². The first-order chi connectivity index (χ1) is 13.2. The minimum atomic E-state index is -0.253. The van der Waals surface area contributed by atoms with Crippen molar-refractivity contribution in [3.63, 3.8) is 0 Å². The molecule has 0 radical (unpaired) electrons. The van der Waals surface area contributed by atoms with Crippen LogP contribution < -0.4 is 10.6 Å². The zero-order valence-corrected chi connectivity index (χ0v) is 17.2. The molecule has 0 bridgehead atoms. The second-order valence-corrected chi connectivity index (χ2v) is 8.32. The Morgan fingerprint density at radius 1 is 1.11 bits per heavy atom. The minimum absolute atomic E-state index is 0.162. The number of carbonyl (C=O) groups is 1. The van der Waals surface area contributed by atoms with E-state index in [2.05, 4.69) is 53.4 Å². The summed E-state index contributed by atoms with van der Waals surface area (Å²) in [5.74, 6) is 0.682. The predicted molar refractivity (Wildman–Crippen MR) is 112 cm³/mol. The van der Waals surface area contributed by atoms with Gasteiger partial charge < -0.3 is 20.0 Å². The van der Waals surface area contributed by atoms with E-state index < -0.39 is 0 Å². The fraction of sp³-hybridized carbons (Fsp3) is 0.364. The number of hydrogen-bond donors (Lipinski definition) is 2. The molecule has 0 unspecified atom stereocenters. The maximum absolute atomic E-state index is 12.3. The lowest BCUT2D eigenvalue weighted by Gasteiger charge is -2.12. The van der Waals surface area contributed by atoms with Crippen molar-refractivity contribution >= 4 is 22.8 Å². The van der Waals surface area contributed by atoms with Crippen LogP contribution in [-0.4, -0.2) is 30.0 Å². The molecule has 0 saturated carbocycles. The topological polar surface area (TPSA) is 70.4 Å². The molecule has 0 saturated heterocycles. The van der Waals surface area contributed by atoms with Crippen LogP contribution in [0.1, 0.15) is 37.8 Å². The molecule has 1 heterocycles. The predicted octanol–water partition coefficient (Wildman–Crippen LogP) is 4.51. The SMILES string of the molecule is CN(C)Cc1cccc(CNC(=O)Nc2ccc3oc(C(C)(C)C)nc3c2)c1. The van der Waals surface area contributed by atoms with Crippen molar-refractivity contribution in [3.8, 4) is 0 Å².